The molecule has 0 aliphatic carbocycles. The number of aromatic nitrogens is 6. The normalized spacial score (nSPS) is 14.2. The molecule has 0 atom stereocenters. The Hall–Kier alpha value is -2.74. The van der Waals surface area contributed by atoms with Crippen LogP contribution in [0.5, 0.6) is 0 Å². The lowest BCUT2D eigenvalue weighted by Gasteiger charge is -2.27. The summed E-state index contributed by atoms with van der Waals surface area (Å²) in [7, 11) is 0. The minimum atomic E-state index is 0. The van der Waals surface area contributed by atoms with E-state index in [0.717, 1.165) is 37.3 Å². The number of hydrogen-bond donors (Lipinski definition) is 0. The van der Waals surface area contributed by atoms with E-state index >= 15 is 0 Å². The van der Waals surface area contributed by atoms with Gasteiger partial charge in [-0.25, -0.2) is 19.3 Å². The Kier molecular flexibility index (Phi) is 5.08. The molecule has 0 unspecified atom stereocenters. The SMILES string of the molecule is Cl.O=C(c1ccc(-n2cncn2)c(-n2cncn2)c1)N1CCCCC1. The van der Waals surface area contributed by atoms with Gasteiger partial charge in [0.2, 0.25) is 0 Å². The number of piperidine rings is 1. The van der Waals surface area contributed by atoms with E-state index < -0.39 is 0 Å². The molecule has 2 aromatic heterocycles. The molecule has 9 heteroatoms. The molecule has 1 saturated heterocycles. The van der Waals surface area contributed by atoms with Gasteiger partial charge in [-0.05, 0) is 37.5 Å². The van der Waals surface area contributed by atoms with Gasteiger partial charge in [0.05, 0.1) is 11.4 Å². The van der Waals surface area contributed by atoms with Crippen LogP contribution in [0.15, 0.2) is 43.5 Å². The summed E-state index contributed by atoms with van der Waals surface area (Å²) in [5, 5.41) is 8.36. The lowest BCUT2D eigenvalue weighted by molar-refractivity contribution is 0.0724. The first-order chi connectivity index (χ1) is 11.8. The lowest BCUT2D eigenvalue weighted by atomic mass is 10.1. The fourth-order valence-electron chi connectivity index (χ4n) is 2.98. The largest absolute Gasteiger partial charge is 0.339 e. The fraction of sp³-hybridized carbons (Fsp3) is 0.312. The molecular formula is C16H18ClN7O. The molecule has 1 aromatic carbocycles. The van der Waals surface area contributed by atoms with Crippen LogP contribution in [0, 0.1) is 0 Å². The second-order valence-electron chi connectivity index (χ2n) is 5.74. The summed E-state index contributed by atoms with van der Waals surface area (Å²) in [4.78, 5) is 22.7. The van der Waals surface area contributed by atoms with Crippen LogP contribution in [0.25, 0.3) is 11.4 Å². The number of carbonyl (C=O) groups excluding carboxylic acids is 1. The highest BCUT2D eigenvalue weighted by Crippen LogP contribution is 2.21. The van der Waals surface area contributed by atoms with E-state index in [1.165, 1.54) is 19.1 Å². The summed E-state index contributed by atoms with van der Waals surface area (Å²) in [6, 6.07) is 5.53. The van der Waals surface area contributed by atoms with Crippen molar-refractivity contribution in [3.8, 4) is 11.4 Å². The van der Waals surface area contributed by atoms with E-state index in [1.54, 1.807) is 22.0 Å². The molecule has 3 heterocycles. The number of carbonyl (C=O) groups is 1. The Morgan fingerprint density at radius 1 is 0.880 bits per heavy atom. The Morgan fingerprint density at radius 3 is 2.12 bits per heavy atom. The van der Waals surface area contributed by atoms with Crippen LogP contribution in [0.4, 0.5) is 0 Å². The van der Waals surface area contributed by atoms with Crippen LogP contribution in [-0.4, -0.2) is 53.4 Å². The molecule has 8 nitrogen and oxygen atoms in total. The number of rotatable bonds is 3. The standard InChI is InChI=1S/C16H17N7O.ClH/c24-16(21-6-2-1-3-7-21)13-4-5-14(22-11-17-9-19-22)15(8-13)23-12-18-10-20-23;/h4-5,8-12H,1-3,6-7H2;1H. The molecule has 0 radical (unpaired) electrons. The number of halogens is 1. The molecule has 0 saturated carbocycles. The van der Waals surface area contributed by atoms with Gasteiger partial charge < -0.3 is 4.90 Å². The van der Waals surface area contributed by atoms with E-state index in [0.29, 0.717) is 5.56 Å². The molecule has 1 amide bonds. The number of nitrogens with zero attached hydrogens (tertiary/aromatic N) is 7. The van der Waals surface area contributed by atoms with Crippen LogP contribution in [0.3, 0.4) is 0 Å². The highest BCUT2D eigenvalue weighted by atomic mass is 35.5. The first-order valence-electron chi connectivity index (χ1n) is 7.96. The van der Waals surface area contributed by atoms with Gasteiger partial charge in [-0.1, -0.05) is 0 Å². The molecule has 0 spiro atoms. The zero-order valence-corrected chi connectivity index (χ0v) is 14.3. The van der Waals surface area contributed by atoms with Gasteiger partial charge in [0.15, 0.2) is 0 Å². The summed E-state index contributed by atoms with van der Waals surface area (Å²) in [5.74, 6) is 0.0567. The van der Waals surface area contributed by atoms with E-state index in [9.17, 15) is 4.79 Å². The van der Waals surface area contributed by atoms with Gasteiger partial charge >= 0.3 is 0 Å². The number of benzene rings is 1. The summed E-state index contributed by atoms with van der Waals surface area (Å²) in [6.07, 6.45) is 9.48. The average Bonchev–Trinajstić information content (AvgIpc) is 3.35. The Bertz CT molecular complexity index is 826. The fourth-order valence-corrected chi connectivity index (χ4v) is 2.98. The number of amides is 1. The molecule has 25 heavy (non-hydrogen) atoms. The third kappa shape index (κ3) is 3.39. The summed E-state index contributed by atoms with van der Waals surface area (Å²) in [5.41, 5.74) is 2.17. The smallest absolute Gasteiger partial charge is 0.253 e. The zero-order chi connectivity index (χ0) is 16.4. The molecule has 1 fully saturated rings. The van der Waals surface area contributed by atoms with Crippen molar-refractivity contribution in [3.05, 3.63) is 49.1 Å². The molecule has 3 aromatic rings. The first kappa shape index (κ1) is 17.1. The maximum Gasteiger partial charge on any atom is 0.253 e. The Morgan fingerprint density at radius 2 is 1.52 bits per heavy atom. The van der Waals surface area contributed by atoms with Crippen LogP contribution >= 0.6 is 12.4 Å². The van der Waals surface area contributed by atoms with E-state index in [1.807, 2.05) is 23.1 Å². The van der Waals surface area contributed by atoms with Gasteiger partial charge in [0.25, 0.3) is 5.91 Å². The van der Waals surface area contributed by atoms with Crippen molar-refractivity contribution in [1.82, 2.24) is 34.4 Å². The highest BCUT2D eigenvalue weighted by Gasteiger charge is 2.20. The molecule has 1 aliphatic rings. The van der Waals surface area contributed by atoms with E-state index in [2.05, 4.69) is 20.2 Å². The maximum atomic E-state index is 12.8. The zero-order valence-electron chi connectivity index (χ0n) is 13.5. The Balaban J connectivity index is 0.00000182. The van der Waals surface area contributed by atoms with Gasteiger partial charge in [0, 0.05) is 18.7 Å². The molecule has 0 bridgehead atoms. The van der Waals surface area contributed by atoms with Crippen molar-refractivity contribution in [2.75, 3.05) is 13.1 Å². The lowest BCUT2D eigenvalue weighted by Crippen LogP contribution is -2.35. The van der Waals surface area contributed by atoms with Gasteiger partial charge in [0.1, 0.15) is 25.3 Å². The number of likely N-dealkylation sites (tertiary alicyclic amines) is 1. The van der Waals surface area contributed by atoms with Crippen molar-refractivity contribution in [1.29, 1.82) is 0 Å². The molecular weight excluding hydrogens is 342 g/mol. The van der Waals surface area contributed by atoms with Crippen molar-refractivity contribution >= 4 is 18.3 Å². The monoisotopic (exact) mass is 359 g/mol. The van der Waals surface area contributed by atoms with Crippen LogP contribution in [0.2, 0.25) is 0 Å². The molecule has 0 N–H and O–H groups in total. The summed E-state index contributed by atoms with van der Waals surface area (Å²) < 4.78 is 3.27. The van der Waals surface area contributed by atoms with Gasteiger partial charge in [-0.3, -0.25) is 4.79 Å². The first-order valence-corrected chi connectivity index (χ1v) is 7.96. The van der Waals surface area contributed by atoms with Crippen LogP contribution in [0.1, 0.15) is 29.6 Å². The second-order valence-corrected chi connectivity index (χ2v) is 5.74. The van der Waals surface area contributed by atoms with Crippen LogP contribution < -0.4 is 0 Å². The predicted octanol–water partition coefficient (Wildman–Crippen LogP) is 1.90. The van der Waals surface area contributed by atoms with Gasteiger partial charge in [-0.2, -0.15) is 10.2 Å². The highest BCUT2D eigenvalue weighted by molar-refractivity contribution is 5.95. The minimum absolute atomic E-state index is 0. The minimum Gasteiger partial charge on any atom is -0.339 e. The topological polar surface area (TPSA) is 81.7 Å². The molecule has 1 aliphatic heterocycles. The van der Waals surface area contributed by atoms with Crippen LogP contribution in [-0.2, 0) is 0 Å². The average molecular weight is 360 g/mol. The van der Waals surface area contributed by atoms with E-state index in [-0.39, 0.29) is 18.3 Å². The van der Waals surface area contributed by atoms with Crippen molar-refractivity contribution in [2.24, 2.45) is 0 Å². The number of hydrogen-bond acceptors (Lipinski definition) is 5. The molecule has 4 rings (SSSR count). The second kappa shape index (κ2) is 7.43. The van der Waals surface area contributed by atoms with Gasteiger partial charge in [-0.15, -0.1) is 12.4 Å². The van der Waals surface area contributed by atoms with Crippen molar-refractivity contribution in [2.45, 2.75) is 19.3 Å². The van der Waals surface area contributed by atoms with Crippen molar-refractivity contribution < 1.29 is 4.79 Å². The summed E-state index contributed by atoms with van der Waals surface area (Å²) in [6.45, 7) is 1.64. The summed E-state index contributed by atoms with van der Waals surface area (Å²) >= 11 is 0. The predicted molar refractivity (Wildman–Crippen MR) is 93.3 cm³/mol. The quantitative estimate of drug-likeness (QED) is 0.713. The van der Waals surface area contributed by atoms with E-state index in [4.69, 9.17) is 0 Å². The third-order valence-electron chi connectivity index (χ3n) is 4.20. The molecule has 130 valence electrons. The maximum absolute atomic E-state index is 12.8. The Labute approximate surface area is 150 Å². The van der Waals surface area contributed by atoms with Crippen molar-refractivity contribution in [3.63, 3.8) is 0 Å². The third-order valence-corrected chi connectivity index (χ3v) is 4.20.